The summed E-state index contributed by atoms with van der Waals surface area (Å²) in [6.07, 6.45) is 1.39. The molecule has 2 rings (SSSR count). The number of benzene rings is 2. The van der Waals surface area contributed by atoms with E-state index in [-0.39, 0.29) is 22.8 Å². The summed E-state index contributed by atoms with van der Waals surface area (Å²) in [6, 6.07) is 10.7. The summed E-state index contributed by atoms with van der Waals surface area (Å²) in [7, 11) is 0. The molecule has 7 heteroatoms. The van der Waals surface area contributed by atoms with Gasteiger partial charge in [-0.3, -0.25) is 4.79 Å². The smallest absolute Gasteiger partial charge is 0.266 e. The number of anilines is 1. The number of amides is 1. The van der Waals surface area contributed by atoms with Crippen LogP contribution >= 0.6 is 15.9 Å². The van der Waals surface area contributed by atoms with Gasteiger partial charge < -0.3 is 20.3 Å². The highest BCUT2D eigenvalue weighted by atomic mass is 79.9. The lowest BCUT2D eigenvalue weighted by atomic mass is 10.1. The minimum absolute atomic E-state index is 0.0436. The molecule has 0 aliphatic heterocycles. The van der Waals surface area contributed by atoms with E-state index in [0.717, 1.165) is 0 Å². The number of halogens is 1. The van der Waals surface area contributed by atoms with Crippen LogP contribution in [0, 0.1) is 11.3 Å². The highest BCUT2D eigenvalue weighted by Gasteiger charge is 2.13. The molecule has 0 fully saturated rings. The van der Waals surface area contributed by atoms with Crippen LogP contribution in [0.2, 0.25) is 0 Å². The summed E-state index contributed by atoms with van der Waals surface area (Å²) in [4.78, 5) is 12.3. The molecule has 0 aliphatic carbocycles. The van der Waals surface area contributed by atoms with Gasteiger partial charge in [0, 0.05) is 10.2 Å². The third-order valence-corrected chi connectivity index (χ3v) is 3.85. The van der Waals surface area contributed by atoms with E-state index in [9.17, 15) is 20.3 Å². The second kappa shape index (κ2) is 8.22. The van der Waals surface area contributed by atoms with Gasteiger partial charge in [0.05, 0.1) is 6.61 Å². The number of hydrogen-bond donors (Lipinski definition) is 3. The summed E-state index contributed by atoms with van der Waals surface area (Å²) >= 11 is 3.28. The van der Waals surface area contributed by atoms with Crippen molar-refractivity contribution < 1.29 is 19.7 Å². The van der Waals surface area contributed by atoms with E-state index >= 15 is 0 Å². The Hall–Kier alpha value is -2.98. The lowest BCUT2D eigenvalue weighted by Crippen LogP contribution is -2.13. The fourth-order valence-corrected chi connectivity index (χ4v) is 2.43. The van der Waals surface area contributed by atoms with Crippen LogP contribution < -0.4 is 10.1 Å². The zero-order valence-corrected chi connectivity index (χ0v) is 14.9. The zero-order valence-electron chi connectivity index (χ0n) is 13.3. The van der Waals surface area contributed by atoms with E-state index in [2.05, 4.69) is 21.2 Å². The Kier molecular flexibility index (Phi) is 6.03. The van der Waals surface area contributed by atoms with Gasteiger partial charge in [0.1, 0.15) is 17.4 Å². The Bertz CT molecular complexity index is 855. The summed E-state index contributed by atoms with van der Waals surface area (Å²) in [5.41, 5.74) is 0.837. The summed E-state index contributed by atoms with van der Waals surface area (Å²) in [5.74, 6) is -0.303. The maximum atomic E-state index is 12.3. The van der Waals surface area contributed by atoms with E-state index in [4.69, 9.17) is 4.74 Å². The van der Waals surface area contributed by atoms with Gasteiger partial charge in [-0.25, -0.2) is 0 Å². The van der Waals surface area contributed by atoms with Gasteiger partial charge >= 0.3 is 0 Å². The molecular weight excluding hydrogens is 388 g/mol. The lowest BCUT2D eigenvalue weighted by Gasteiger charge is -2.09. The largest absolute Gasteiger partial charge is 0.508 e. The monoisotopic (exact) mass is 402 g/mol. The van der Waals surface area contributed by atoms with Crippen molar-refractivity contribution in [2.45, 2.75) is 6.92 Å². The number of phenols is 2. The summed E-state index contributed by atoms with van der Waals surface area (Å²) in [6.45, 7) is 2.15. The Morgan fingerprint density at radius 2 is 2.00 bits per heavy atom. The lowest BCUT2D eigenvalue weighted by molar-refractivity contribution is -0.112. The van der Waals surface area contributed by atoms with Crippen LogP contribution in [-0.2, 0) is 4.79 Å². The Morgan fingerprint density at radius 3 is 2.60 bits per heavy atom. The molecule has 1 amide bonds. The van der Waals surface area contributed by atoms with Crippen LogP contribution in [0.25, 0.3) is 6.08 Å². The molecule has 2 aromatic rings. The second-order valence-corrected chi connectivity index (χ2v) is 5.80. The maximum Gasteiger partial charge on any atom is 0.266 e. The molecule has 25 heavy (non-hydrogen) atoms. The van der Waals surface area contributed by atoms with Crippen LogP contribution in [0.5, 0.6) is 17.2 Å². The molecule has 0 radical (unpaired) electrons. The topological polar surface area (TPSA) is 103 Å². The molecule has 0 heterocycles. The molecule has 3 N–H and O–H groups in total. The number of carbonyl (C=O) groups is 1. The molecule has 0 bridgehead atoms. The maximum absolute atomic E-state index is 12.3. The number of nitrogens with one attached hydrogen (secondary N) is 1. The van der Waals surface area contributed by atoms with Crippen molar-refractivity contribution in [2.75, 3.05) is 11.9 Å². The van der Waals surface area contributed by atoms with Crippen LogP contribution in [-0.4, -0.2) is 22.7 Å². The van der Waals surface area contributed by atoms with Gasteiger partial charge in [0.25, 0.3) is 5.91 Å². The predicted octanol–water partition coefficient (Wildman–Crippen LogP) is 3.80. The van der Waals surface area contributed by atoms with E-state index in [1.165, 1.54) is 42.5 Å². The van der Waals surface area contributed by atoms with Crippen LogP contribution in [0.4, 0.5) is 5.69 Å². The van der Waals surface area contributed by atoms with Crippen molar-refractivity contribution in [1.82, 2.24) is 0 Å². The average molecular weight is 403 g/mol. The van der Waals surface area contributed by atoms with Crippen molar-refractivity contribution in [3.63, 3.8) is 0 Å². The number of nitriles is 1. The highest BCUT2D eigenvalue weighted by molar-refractivity contribution is 9.10. The number of phenolic OH excluding ortho intramolecular Hbond substituents is 2. The number of ether oxygens (including phenoxy) is 1. The molecule has 0 saturated heterocycles. The minimum Gasteiger partial charge on any atom is -0.508 e. The summed E-state index contributed by atoms with van der Waals surface area (Å²) < 4.78 is 5.82. The first-order valence-electron chi connectivity index (χ1n) is 7.32. The van der Waals surface area contributed by atoms with Crippen LogP contribution in [0.15, 0.2) is 46.4 Å². The molecule has 0 unspecified atom stereocenters. The molecule has 0 saturated carbocycles. The van der Waals surface area contributed by atoms with E-state index in [1.807, 2.05) is 6.07 Å². The fourth-order valence-electron chi connectivity index (χ4n) is 1.99. The Balaban J connectivity index is 2.30. The van der Waals surface area contributed by atoms with Crippen LogP contribution in [0.1, 0.15) is 12.5 Å². The molecular formula is C18H15BrN2O4. The van der Waals surface area contributed by atoms with Gasteiger partial charge in [-0.2, -0.15) is 5.26 Å². The van der Waals surface area contributed by atoms with E-state index < -0.39 is 5.91 Å². The number of rotatable bonds is 5. The van der Waals surface area contributed by atoms with Crippen molar-refractivity contribution in [2.24, 2.45) is 0 Å². The second-order valence-electron chi connectivity index (χ2n) is 4.95. The fraction of sp³-hybridized carbons (Fsp3) is 0.111. The van der Waals surface area contributed by atoms with Crippen molar-refractivity contribution in [3.8, 4) is 23.3 Å². The first kappa shape index (κ1) is 18.4. The van der Waals surface area contributed by atoms with Gasteiger partial charge in [-0.1, -0.05) is 15.9 Å². The number of hydrogen-bond acceptors (Lipinski definition) is 5. The first-order chi connectivity index (χ1) is 11.9. The molecule has 0 aromatic heterocycles. The Labute approximate surface area is 153 Å². The van der Waals surface area contributed by atoms with Gasteiger partial charge in [-0.05, 0) is 55.0 Å². The van der Waals surface area contributed by atoms with Gasteiger partial charge in [-0.15, -0.1) is 0 Å². The first-order valence-corrected chi connectivity index (χ1v) is 8.11. The normalized spacial score (nSPS) is 10.8. The van der Waals surface area contributed by atoms with Gasteiger partial charge in [0.15, 0.2) is 11.5 Å². The van der Waals surface area contributed by atoms with Gasteiger partial charge in [0.2, 0.25) is 0 Å². The molecule has 2 aromatic carbocycles. The van der Waals surface area contributed by atoms with E-state index in [1.54, 1.807) is 6.92 Å². The zero-order chi connectivity index (χ0) is 18.4. The molecule has 0 aliphatic rings. The highest BCUT2D eigenvalue weighted by Crippen LogP contribution is 2.33. The SMILES string of the molecule is CCOc1cc(/C=C(\C#N)C(=O)Nc2ccc(O)cc2)c(Br)cc1O. The molecule has 0 spiro atoms. The standard InChI is InChI=1S/C18H15BrN2O4/c1-2-25-17-8-11(15(19)9-16(17)23)7-12(10-20)18(24)21-13-3-5-14(22)6-4-13/h3-9,22-23H,2H2,1H3,(H,21,24)/b12-7+. The van der Waals surface area contributed by atoms with Crippen LogP contribution in [0.3, 0.4) is 0 Å². The quantitative estimate of drug-likeness (QED) is 0.400. The third kappa shape index (κ3) is 4.75. The number of carbonyl (C=O) groups excluding carboxylic acids is 1. The molecule has 0 atom stereocenters. The minimum atomic E-state index is -0.592. The van der Waals surface area contributed by atoms with Crippen molar-refractivity contribution in [3.05, 3.63) is 52.0 Å². The summed E-state index contributed by atoms with van der Waals surface area (Å²) in [5, 5.41) is 30.9. The average Bonchev–Trinajstić information content (AvgIpc) is 2.58. The van der Waals surface area contributed by atoms with E-state index in [0.29, 0.717) is 22.3 Å². The van der Waals surface area contributed by atoms with Crippen molar-refractivity contribution in [1.29, 1.82) is 5.26 Å². The molecule has 6 nitrogen and oxygen atoms in total. The van der Waals surface area contributed by atoms with Crippen molar-refractivity contribution >= 4 is 33.6 Å². The Morgan fingerprint density at radius 1 is 1.32 bits per heavy atom. The third-order valence-electron chi connectivity index (χ3n) is 3.17. The predicted molar refractivity (Wildman–Crippen MR) is 97.3 cm³/mol. The number of nitrogens with zero attached hydrogens (tertiary/aromatic N) is 1. The number of aromatic hydroxyl groups is 2. The molecule has 128 valence electrons.